The lowest BCUT2D eigenvalue weighted by Gasteiger charge is -2.17. The van der Waals surface area contributed by atoms with Crippen molar-refractivity contribution in [2.45, 2.75) is 52.0 Å². The summed E-state index contributed by atoms with van der Waals surface area (Å²) in [6.07, 6.45) is 4.30. The number of furan rings is 1. The van der Waals surface area contributed by atoms with Gasteiger partial charge in [0.2, 0.25) is 5.91 Å². The largest absolute Gasteiger partial charge is 0.464 e. The zero-order valence-electron chi connectivity index (χ0n) is 18.1. The molecule has 0 fully saturated rings. The summed E-state index contributed by atoms with van der Waals surface area (Å²) in [6, 6.07) is 3.39. The van der Waals surface area contributed by atoms with E-state index in [1.54, 1.807) is 24.1 Å². The van der Waals surface area contributed by atoms with Crippen LogP contribution in [0.2, 0.25) is 0 Å². The van der Waals surface area contributed by atoms with Crippen molar-refractivity contribution in [3.8, 4) is 0 Å². The molecule has 2 heterocycles. The normalized spacial score (nSPS) is 13.1. The molecule has 0 aliphatic carbocycles. The van der Waals surface area contributed by atoms with Crippen LogP contribution in [0.25, 0.3) is 21.9 Å². The summed E-state index contributed by atoms with van der Waals surface area (Å²) >= 11 is 1.65. The Balaban J connectivity index is 1.98. The number of carbonyl (C=O) groups is 1. The van der Waals surface area contributed by atoms with E-state index in [9.17, 15) is 14.7 Å². The molecule has 0 aliphatic rings. The van der Waals surface area contributed by atoms with Gasteiger partial charge in [0, 0.05) is 22.4 Å². The van der Waals surface area contributed by atoms with Crippen LogP contribution in [0.3, 0.4) is 0 Å². The number of nitrogens with one attached hydrogen (secondary N) is 1. The lowest BCUT2D eigenvalue weighted by atomic mass is 9.86. The van der Waals surface area contributed by atoms with E-state index in [4.69, 9.17) is 8.83 Å². The maximum absolute atomic E-state index is 12.6. The molecule has 2 aromatic heterocycles. The standard InChI is InChI=1S/C23H29NO5S/c1-13-15-8-17-18(23(2,3)4)12-28-19(17)10-20(15)29-22(27)16(13)9-21(26)24-14(11-25)6-7-30-5/h8,10,12,14,25H,6-7,9,11H2,1-5H3,(H,24,26)/t14-/m1/s1. The lowest BCUT2D eigenvalue weighted by molar-refractivity contribution is -0.121. The third-order valence-electron chi connectivity index (χ3n) is 5.38. The average Bonchev–Trinajstić information content (AvgIpc) is 3.10. The number of hydrogen-bond donors (Lipinski definition) is 2. The van der Waals surface area contributed by atoms with Crippen molar-refractivity contribution in [2.24, 2.45) is 0 Å². The highest BCUT2D eigenvalue weighted by Gasteiger charge is 2.22. The van der Waals surface area contributed by atoms with Gasteiger partial charge in [-0.2, -0.15) is 11.8 Å². The van der Waals surface area contributed by atoms with Crippen LogP contribution in [-0.2, 0) is 16.6 Å². The molecule has 3 aromatic rings. The third-order valence-corrected chi connectivity index (χ3v) is 6.03. The predicted octanol–water partition coefficient (Wildman–Crippen LogP) is 3.92. The average molecular weight is 432 g/mol. The molecule has 162 valence electrons. The van der Waals surface area contributed by atoms with Crippen molar-refractivity contribution in [3.63, 3.8) is 0 Å². The Morgan fingerprint density at radius 1 is 1.23 bits per heavy atom. The number of amides is 1. The minimum Gasteiger partial charge on any atom is -0.464 e. The Morgan fingerprint density at radius 2 is 1.97 bits per heavy atom. The Labute approximate surface area is 180 Å². The molecule has 30 heavy (non-hydrogen) atoms. The van der Waals surface area contributed by atoms with Gasteiger partial charge in [0.1, 0.15) is 11.2 Å². The van der Waals surface area contributed by atoms with Crippen molar-refractivity contribution >= 4 is 39.6 Å². The van der Waals surface area contributed by atoms with Gasteiger partial charge in [0.25, 0.3) is 0 Å². The molecule has 1 aromatic carbocycles. The van der Waals surface area contributed by atoms with Gasteiger partial charge in [-0.15, -0.1) is 0 Å². The van der Waals surface area contributed by atoms with Crippen molar-refractivity contribution in [2.75, 3.05) is 18.6 Å². The monoisotopic (exact) mass is 431 g/mol. The summed E-state index contributed by atoms with van der Waals surface area (Å²) in [5.41, 5.74) is 2.62. The molecule has 0 spiro atoms. The van der Waals surface area contributed by atoms with Crippen molar-refractivity contribution in [1.82, 2.24) is 5.32 Å². The molecule has 0 radical (unpaired) electrons. The number of aryl methyl sites for hydroxylation is 1. The zero-order valence-corrected chi connectivity index (χ0v) is 18.9. The Hall–Kier alpha value is -2.25. The highest BCUT2D eigenvalue weighted by molar-refractivity contribution is 7.98. The van der Waals surface area contributed by atoms with Crippen LogP contribution in [0, 0.1) is 6.92 Å². The number of aliphatic hydroxyl groups excluding tert-OH is 1. The second-order valence-corrected chi connectivity index (χ2v) is 9.63. The fourth-order valence-corrected chi connectivity index (χ4v) is 4.12. The van der Waals surface area contributed by atoms with Gasteiger partial charge in [0.05, 0.1) is 30.9 Å². The summed E-state index contributed by atoms with van der Waals surface area (Å²) in [7, 11) is 0. The van der Waals surface area contributed by atoms with Crippen LogP contribution < -0.4 is 10.9 Å². The maximum Gasteiger partial charge on any atom is 0.340 e. The van der Waals surface area contributed by atoms with Crippen molar-refractivity contribution < 1.29 is 18.7 Å². The second-order valence-electron chi connectivity index (χ2n) is 8.64. The topological polar surface area (TPSA) is 92.7 Å². The molecule has 0 saturated carbocycles. The van der Waals surface area contributed by atoms with Crippen LogP contribution in [0.1, 0.15) is 43.9 Å². The highest BCUT2D eigenvalue weighted by atomic mass is 32.2. The van der Waals surface area contributed by atoms with Crippen molar-refractivity contribution in [1.29, 1.82) is 0 Å². The molecule has 3 rings (SSSR count). The minimum atomic E-state index is -0.526. The summed E-state index contributed by atoms with van der Waals surface area (Å²) in [4.78, 5) is 25.1. The zero-order chi connectivity index (χ0) is 22.1. The fourth-order valence-electron chi connectivity index (χ4n) is 3.60. The predicted molar refractivity (Wildman–Crippen MR) is 121 cm³/mol. The van der Waals surface area contributed by atoms with Gasteiger partial charge < -0.3 is 19.3 Å². The van der Waals surface area contributed by atoms with E-state index in [1.165, 1.54) is 0 Å². The first-order valence-corrected chi connectivity index (χ1v) is 11.4. The van der Waals surface area contributed by atoms with Crippen LogP contribution in [-0.4, -0.2) is 35.7 Å². The van der Waals surface area contributed by atoms with Crippen LogP contribution >= 0.6 is 11.8 Å². The van der Waals surface area contributed by atoms with Gasteiger partial charge >= 0.3 is 5.63 Å². The van der Waals surface area contributed by atoms with E-state index in [-0.39, 0.29) is 30.4 Å². The first-order valence-electron chi connectivity index (χ1n) is 10.0. The van der Waals surface area contributed by atoms with E-state index in [1.807, 2.05) is 19.2 Å². The molecule has 0 aliphatic heterocycles. The number of fused-ring (bicyclic) bond motifs is 2. The molecular weight excluding hydrogens is 402 g/mol. The lowest BCUT2D eigenvalue weighted by Crippen LogP contribution is -2.39. The third kappa shape index (κ3) is 4.57. The molecular formula is C23H29NO5S. The van der Waals surface area contributed by atoms with Crippen LogP contribution in [0.4, 0.5) is 0 Å². The number of thioether (sulfide) groups is 1. The molecule has 0 bridgehead atoms. The van der Waals surface area contributed by atoms with E-state index in [0.29, 0.717) is 23.2 Å². The SMILES string of the molecule is CSCC[C@H](CO)NC(=O)Cc1c(C)c2cc3c(C(C)(C)C)coc3cc2oc1=O. The number of aliphatic hydroxyl groups is 1. The van der Waals surface area contributed by atoms with Gasteiger partial charge in [0.15, 0.2) is 0 Å². The quantitative estimate of drug-likeness (QED) is 0.551. The Kier molecular flexibility index (Phi) is 6.62. The molecule has 1 amide bonds. The molecule has 0 saturated heterocycles. The van der Waals surface area contributed by atoms with E-state index in [2.05, 4.69) is 26.1 Å². The first kappa shape index (κ1) is 22.4. The molecule has 7 heteroatoms. The minimum absolute atomic E-state index is 0.0879. The summed E-state index contributed by atoms with van der Waals surface area (Å²) < 4.78 is 11.2. The van der Waals surface area contributed by atoms with E-state index < -0.39 is 5.63 Å². The smallest absolute Gasteiger partial charge is 0.340 e. The molecule has 6 nitrogen and oxygen atoms in total. The maximum atomic E-state index is 12.6. The molecule has 0 unspecified atom stereocenters. The summed E-state index contributed by atoms with van der Waals surface area (Å²) in [6.45, 7) is 8.05. The molecule has 2 N–H and O–H groups in total. The van der Waals surface area contributed by atoms with Crippen LogP contribution in [0.5, 0.6) is 0 Å². The Bertz CT molecular complexity index is 1120. The highest BCUT2D eigenvalue weighted by Crippen LogP contribution is 2.35. The number of rotatable bonds is 7. The van der Waals surface area contributed by atoms with Gasteiger partial charge in [-0.05, 0) is 42.4 Å². The van der Waals surface area contributed by atoms with E-state index in [0.717, 1.165) is 27.7 Å². The number of hydrogen-bond acceptors (Lipinski definition) is 6. The van der Waals surface area contributed by atoms with Gasteiger partial charge in [-0.3, -0.25) is 4.79 Å². The van der Waals surface area contributed by atoms with E-state index >= 15 is 0 Å². The molecule has 1 atom stereocenters. The number of benzene rings is 1. The second kappa shape index (κ2) is 8.86. The van der Waals surface area contributed by atoms with Crippen molar-refractivity contribution in [3.05, 3.63) is 45.5 Å². The van der Waals surface area contributed by atoms with Gasteiger partial charge in [-0.1, -0.05) is 20.8 Å². The van der Waals surface area contributed by atoms with Crippen LogP contribution in [0.15, 0.2) is 32.0 Å². The fraction of sp³-hybridized carbons (Fsp3) is 0.478. The summed E-state index contributed by atoms with van der Waals surface area (Å²) in [5, 5.41) is 14.0. The van der Waals surface area contributed by atoms with Gasteiger partial charge in [-0.25, -0.2) is 4.79 Å². The first-order chi connectivity index (χ1) is 14.2. The Morgan fingerprint density at radius 3 is 2.60 bits per heavy atom. The number of carbonyl (C=O) groups excluding carboxylic acids is 1. The summed E-state index contributed by atoms with van der Waals surface area (Å²) in [5.74, 6) is 0.532.